The summed E-state index contributed by atoms with van der Waals surface area (Å²) in [6, 6.07) is 30.7. The lowest BCUT2D eigenvalue weighted by molar-refractivity contribution is 0.0334. The maximum Gasteiger partial charge on any atom is 0.0731 e. The summed E-state index contributed by atoms with van der Waals surface area (Å²) in [5.41, 5.74) is 3.76. The predicted octanol–water partition coefficient (Wildman–Crippen LogP) is 5.70. The average Bonchev–Trinajstić information content (AvgIpc) is 2.68. The molecule has 0 radical (unpaired) electrons. The topological polar surface area (TPSA) is 20.2 Å². The van der Waals surface area contributed by atoms with Crippen LogP contribution in [0.25, 0.3) is 5.57 Å². The van der Waals surface area contributed by atoms with Crippen molar-refractivity contribution >= 4 is 5.57 Å². The van der Waals surface area contributed by atoms with Crippen LogP contribution in [0.3, 0.4) is 0 Å². The lowest BCUT2D eigenvalue weighted by Gasteiger charge is -2.29. The van der Waals surface area contributed by atoms with Crippen LogP contribution in [0.5, 0.6) is 0 Å². The summed E-state index contributed by atoms with van der Waals surface area (Å²) in [6.45, 7) is 4.23. The average molecular weight is 342 g/mol. The molecule has 0 aliphatic rings. The Morgan fingerprint density at radius 1 is 0.692 bits per heavy atom. The quantitative estimate of drug-likeness (QED) is 0.557. The second-order valence-corrected chi connectivity index (χ2v) is 7.02. The van der Waals surface area contributed by atoms with Crippen molar-refractivity contribution in [2.24, 2.45) is 0 Å². The summed E-state index contributed by atoms with van der Waals surface area (Å²) in [7, 11) is 0. The van der Waals surface area contributed by atoms with E-state index in [1.807, 2.05) is 54.6 Å². The van der Waals surface area contributed by atoms with Gasteiger partial charge in [0.1, 0.15) is 0 Å². The number of benzene rings is 3. The maximum atomic E-state index is 11.5. The highest BCUT2D eigenvalue weighted by molar-refractivity contribution is 5.63. The normalized spacial score (nSPS) is 11.3. The molecule has 0 saturated heterocycles. The van der Waals surface area contributed by atoms with E-state index in [-0.39, 0.29) is 0 Å². The molecular formula is C25H26O. The Morgan fingerprint density at radius 3 is 1.58 bits per heavy atom. The molecule has 1 nitrogen and oxygen atoms in total. The second-order valence-electron chi connectivity index (χ2n) is 7.02. The smallest absolute Gasteiger partial charge is 0.0731 e. The lowest BCUT2D eigenvalue weighted by atomic mass is 9.83. The van der Waals surface area contributed by atoms with Gasteiger partial charge in [0.15, 0.2) is 0 Å². The van der Waals surface area contributed by atoms with Gasteiger partial charge in [0.2, 0.25) is 0 Å². The van der Waals surface area contributed by atoms with E-state index >= 15 is 0 Å². The predicted molar refractivity (Wildman–Crippen MR) is 110 cm³/mol. The summed E-state index contributed by atoms with van der Waals surface area (Å²) < 4.78 is 0. The molecule has 0 amide bonds. The third-order valence-electron chi connectivity index (χ3n) is 4.83. The Balaban J connectivity index is 1.74. The van der Waals surface area contributed by atoms with Crippen LogP contribution in [0, 0.1) is 0 Å². The van der Waals surface area contributed by atoms with Crippen LogP contribution in [0.2, 0.25) is 0 Å². The summed E-state index contributed by atoms with van der Waals surface area (Å²) in [4.78, 5) is 0. The molecule has 0 atom stereocenters. The van der Waals surface area contributed by atoms with Gasteiger partial charge in [-0.3, -0.25) is 0 Å². The van der Waals surface area contributed by atoms with E-state index in [1.54, 1.807) is 0 Å². The van der Waals surface area contributed by atoms with Crippen molar-refractivity contribution in [2.45, 2.75) is 31.3 Å². The van der Waals surface area contributed by atoms with E-state index in [0.29, 0.717) is 19.3 Å². The molecule has 1 N–H and O–H groups in total. The maximum absolute atomic E-state index is 11.5. The van der Waals surface area contributed by atoms with E-state index in [2.05, 4.69) is 43.0 Å². The molecule has 0 fully saturated rings. The Morgan fingerprint density at radius 2 is 1.12 bits per heavy atom. The van der Waals surface area contributed by atoms with Gasteiger partial charge < -0.3 is 5.11 Å². The standard InChI is InChI=1S/C25H26O/c1-21(24-15-9-4-10-16-24)17-18-25(26,19-22-11-5-2-6-12-22)20-23-13-7-3-8-14-23/h2-16,26H,1,17-20H2. The van der Waals surface area contributed by atoms with Gasteiger partial charge in [-0.25, -0.2) is 0 Å². The molecule has 0 aliphatic carbocycles. The molecule has 3 aromatic carbocycles. The Kier molecular flexibility index (Phi) is 6.04. The van der Waals surface area contributed by atoms with Crippen molar-refractivity contribution < 1.29 is 5.11 Å². The zero-order valence-corrected chi connectivity index (χ0v) is 15.1. The molecule has 1 heteroatoms. The number of rotatable bonds is 8. The number of hydrogen-bond donors (Lipinski definition) is 1. The summed E-state index contributed by atoms with van der Waals surface area (Å²) in [5, 5.41) is 11.5. The Hall–Kier alpha value is -2.64. The van der Waals surface area contributed by atoms with Crippen molar-refractivity contribution in [3.63, 3.8) is 0 Å². The van der Waals surface area contributed by atoms with Crippen molar-refractivity contribution in [3.05, 3.63) is 114 Å². The van der Waals surface area contributed by atoms with Crippen LogP contribution in [-0.2, 0) is 12.8 Å². The molecule has 0 aromatic heterocycles. The summed E-state index contributed by atoms with van der Waals surface area (Å²) >= 11 is 0. The molecular weight excluding hydrogens is 316 g/mol. The van der Waals surface area contributed by atoms with Gasteiger partial charge in [-0.15, -0.1) is 0 Å². The largest absolute Gasteiger partial charge is 0.389 e. The molecule has 0 saturated carbocycles. The number of allylic oxidation sites excluding steroid dienone is 1. The monoisotopic (exact) mass is 342 g/mol. The summed E-state index contributed by atoms with van der Waals surface area (Å²) in [5.74, 6) is 0. The number of hydrogen-bond acceptors (Lipinski definition) is 1. The zero-order valence-electron chi connectivity index (χ0n) is 15.1. The molecule has 0 spiro atoms. The highest BCUT2D eigenvalue weighted by Crippen LogP contribution is 2.28. The Bertz CT molecular complexity index is 765. The molecule has 3 aromatic rings. The van der Waals surface area contributed by atoms with Crippen LogP contribution in [0.15, 0.2) is 97.6 Å². The third-order valence-corrected chi connectivity index (χ3v) is 4.83. The fourth-order valence-corrected chi connectivity index (χ4v) is 3.39. The first-order chi connectivity index (χ1) is 12.6. The zero-order chi connectivity index (χ0) is 18.2. The van der Waals surface area contributed by atoms with Crippen LogP contribution < -0.4 is 0 Å². The van der Waals surface area contributed by atoms with E-state index in [1.165, 1.54) is 0 Å². The van der Waals surface area contributed by atoms with Crippen LogP contribution >= 0.6 is 0 Å². The van der Waals surface area contributed by atoms with Crippen molar-refractivity contribution in [1.82, 2.24) is 0 Å². The molecule has 0 bridgehead atoms. The lowest BCUT2D eigenvalue weighted by Crippen LogP contribution is -2.34. The molecule has 0 aliphatic heterocycles. The molecule has 0 heterocycles. The Labute approximate surface area is 156 Å². The SMILES string of the molecule is C=C(CCC(O)(Cc1ccccc1)Cc1ccccc1)c1ccccc1. The highest BCUT2D eigenvalue weighted by atomic mass is 16.3. The van der Waals surface area contributed by atoms with E-state index in [4.69, 9.17) is 0 Å². The first-order valence-corrected chi connectivity index (χ1v) is 9.18. The first-order valence-electron chi connectivity index (χ1n) is 9.18. The number of aliphatic hydroxyl groups is 1. The van der Waals surface area contributed by atoms with Crippen molar-refractivity contribution in [3.8, 4) is 0 Å². The van der Waals surface area contributed by atoms with Gasteiger partial charge in [-0.1, -0.05) is 97.6 Å². The van der Waals surface area contributed by atoms with Crippen LogP contribution in [0.1, 0.15) is 29.5 Å². The molecule has 3 rings (SSSR count). The van der Waals surface area contributed by atoms with Crippen molar-refractivity contribution in [2.75, 3.05) is 0 Å². The van der Waals surface area contributed by atoms with E-state index < -0.39 is 5.60 Å². The molecule has 132 valence electrons. The van der Waals surface area contributed by atoms with Gasteiger partial charge in [-0.2, -0.15) is 0 Å². The fraction of sp³-hybridized carbons (Fsp3) is 0.200. The van der Waals surface area contributed by atoms with Gasteiger partial charge in [-0.05, 0) is 35.1 Å². The van der Waals surface area contributed by atoms with E-state index in [0.717, 1.165) is 28.7 Å². The van der Waals surface area contributed by atoms with Crippen LogP contribution in [0.4, 0.5) is 0 Å². The second kappa shape index (κ2) is 8.64. The van der Waals surface area contributed by atoms with Crippen LogP contribution in [-0.4, -0.2) is 10.7 Å². The van der Waals surface area contributed by atoms with E-state index in [9.17, 15) is 5.11 Å². The minimum absolute atomic E-state index is 0.644. The molecule has 26 heavy (non-hydrogen) atoms. The highest BCUT2D eigenvalue weighted by Gasteiger charge is 2.27. The molecule has 0 unspecified atom stereocenters. The van der Waals surface area contributed by atoms with Gasteiger partial charge >= 0.3 is 0 Å². The minimum Gasteiger partial charge on any atom is -0.389 e. The first kappa shape index (κ1) is 18.2. The minimum atomic E-state index is -0.791. The summed E-state index contributed by atoms with van der Waals surface area (Å²) in [6.07, 6.45) is 2.75. The van der Waals surface area contributed by atoms with Gasteiger partial charge in [0.05, 0.1) is 5.60 Å². The van der Waals surface area contributed by atoms with Gasteiger partial charge in [0, 0.05) is 12.8 Å². The van der Waals surface area contributed by atoms with Crippen molar-refractivity contribution in [1.29, 1.82) is 0 Å². The van der Waals surface area contributed by atoms with Gasteiger partial charge in [0.25, 0.3) is 0 Å². The fourth-order valence-electron chi connectivity index (χ4n) is 3.39. The third kappa shape index (κ3) is 5.18.